The number of carbonyl (C=O) groups excluding carboxylic acids is 3. The molecule has 3 aromatic heterocycles. The van der Waals surface area contributed by atoms with Crippen molar-refractivity contribution < 1.29 is 23.9 Å². The molecule has 3 aromatic rings. The fourth-order valence-electron chi connectivity index (χ4n) is 7.62. The number of ketones is 1. The van der Waals surface area contributed by atoms with Crippen molar-refractivity contribution in [2.45, 2.75) is 81.1 Å². The summed E-state index contributed by atoms with van der Waals surface area (Å²) in [6.07, 6.45) is 10.2. The minimum Gasteiger partial charge on any atom is -0.657 e. The van der Waals surface area contributed by atoms with Crippen molar-refractivity contribution in [1.82, 2.24) is 20.3 Å². The molecule has 3 atom stereocenters. The molecule has 0 radical (unpaired) electrons. The Morgan fingerprint density at radius 1 is 0.900 bits per heavy atom. The maximum absolute atomic E-state index is 14.2. The predicted octanol–water partition coefficient (Wildman–Crippen LogP) is 4.08. The van der Waals surface area contributed by atoms with Crippen LogP contribution in [0.4, 0.5) is 0 Å². The number of nitrogens with zero attached hydrogens (tertiary/aromatic N) is 3. The molecule has 5 heterocycles. The van der Waals surface area contributed by atoms with E-state index in [1.165, 1.54) is 7.11 Å². The van der Waals surface area contributed by atoms with Crippen LogP contribution in [-0.2, 0) is 31.9 Å². The maximum Gasteiger partial charge on any atom is 2.00 e. The Kier molecular flexibility index (Phi) is 10.9. The quantitative estimate of drug-likeness (QED) is 0.162. The Balaban J connectivity index is 0.00000486. The van der Waals surface area contributed by atoms with Gasteiger partial charge < -0.3 is 29.7 Å². The first kappa shape index (κ1) is 37.2. The summed E-state index contributed by atoms with van der Waals surface area (Å²) in [5.74, 6) is -2.76. The smallest absolute Gasteiger partial charge is 0.657 e. The van der Waals surface area contributed by atoms with Crippen LogP contribution in [-0.4, -0.2) is 54.5 Å². The molecule has 1 N–H and O–H groups in total. The fourth-order valence-corrected chi connectivity index (χ4v) is 7.62. The first-order valence-corrected chi connectivity index (χ1v) is 17.2. The van der Waals surface area contributed by atoms with Crippen molar-refractivity contribution in [3.05, 3.63) is 89.9 Å². The van der Waals surface area contributed by atoms with E-state index in [-0.39, 0.29) is 59.7 Å². The van der Waals surface area contributed by atoms with Crippen molar-refractivity contribution in [1.29, 1.82) is 0 Å². The summed E-state index contributed by atoms with van der Waals surface area (Å²) in [4.78, 5) is 55.7. The van der Waals surface area contributed by atoms with Crippen LogP contribution in [0.1, 0.15) is 108 Å². The predicted molar refractivity (Wildman–Crippen MR) is 195 cm³/mol. The van der Waals surface area contributed by atoms with E-state index in [9.17, 15) is 14.4 Å². The number of carbonyl (C=O) groups is 3. The number of nitrogens with one attached hydrogen (secondary N) is 1. The number of Topliss-reactive ketones (excluding diaryl/α,β-unsaturated/α-hetero) is 1. The van der Waals surface area contributed by atoms with E-state index >= 15 is 0 Å². The van der Waals surface area contributed by atoms with Gasteiger partial charge in [-0.3, -0.25) is 14.4 Å². The molecule has 1 aliphatic carbocycles. The van der Waals surface area contributed by atoms with Crippen LogP contribution >= 0.6 is 0 Å². The molecule has 258 valence electrons. The summed E-state index contributed by atoms with van der Waals surface area (Å²) < 4.78 is 10.7. The zero-order chi connectivity index (χ0) is 35.3. The number of hydrogen-bond acceptors (Lipinski definition) is 6. The zero-order valence-electron chi connectivity index (χ0n) is 30.7. The standard InChI is InChI=1S/C40H46N4O5.Mg/c1-10-24-20(5)27-16-29-22(7)26(12-13-33(45)49-15-14-19(3)4)37(43-29)35-36(40(47)48-9)39(46)34-23(8)30(44-38(34)35)18-32-25(11-2)21(6)28(42-32)17-31(24)41-27;/h14,16-18,22,26,36H,10-13,15H2,1-9H3,(H2,43,44,46);/q-2;+2/p-1/b28-17-,29-16-,32-18-;/t22-,26-,36+;/m0./s1. The number of hydrogen-bond donors (Lipinski definition) is 1. The molecule has 3 aliphatic rings. The molecule has 10 heteroatoms. The normalized spacial score (nSPS) is 22.7. The zero-order valence-corrected chi connectivity index (χ0v) is 32.1. The second-order valence-electron chi connectivity index (χ2n) is 13.6. The number of ether oxygens (including phenoxy) is 2. The first-order chi connectivity index (χ1) is 23.4. The molecular weight excluding hydrogens is 641 g/mol. The molecule has 0 aromatic carbocycles. The van der Waals surface area contributed by atoms with Crippen LogP contribution in [0.15, 0.2) is 23.0 Å². The Morgan fingerprint density at radius 2 is 1.58 bits per heavy atom. The number of aromatic nitrogens is 3. The Morgan fingerprint density at radius 3 is 2.24 bits per heavy atom. The summed E-state index contributed by atoms with van der Waals surface area (Å²) in [5.41, 5.74) is 11.7. The SMILES string of the molecule is CCc1c2[n-]c(c1C)/C=C1\N/C(=C3\c4[n-]c(c(C)c4C(=O)[C@@H]3C(=O)OC)/C=c3\[n-]/c(c(C)c3CC)=C\2)[C@@H](CCC(=O)OCC=C(C)C)[C@@H]1C.[Mg+2]. The van der Waals surface area contributed by atoms with Gasteiger partial charge in [0.05, 0.1) is 7.11 Å². The van der Waals surface area contributed by atoms with Gasteiger partial charge in [-0.2, -0.15) is 0 Å². The average Bonchev–Trinajstić information content (AvgIpc) is 3.80. The molecule has 9 nitrogen and oxygen atoms in total. The van der Waals surface area contributed by atoms with E-state index in [0.29, 0.717) is 40.2 Å². The van der Waals surface area contributed by atoms with E-state index in [2.05, 4.69) is 52.1 Å². The largest absolute Gasteiger partial charge is 2.00 e. The molecule has 6 rings (SSSR count). The summed E-state index contributed by atoms with van der Waals surface area (Å²) in [7, 11) is 1.30. The maximum atomic E-state index is 14.2. The Hall–Kier alpha value is -4.02. The Labute approximate surface area is 309 Å². The number of rotatable bonds is 8. The van der Waals surface area contributed by atoms with Crippen LogP contribution < -0.4 is 31.0 Å². The van der Waals surface area contributed by atoms with Crippen LogP contribution in [0.3, 0.4) is 0 Å². The van der Waals surface area contributed by atoms with Crippen LogP contribution in [0.5, 0.6) is 0 Å². The van der Waals surface area contributed by atoms with Gasteiger partial charge in [-0.1, -0.05) is 72.4 Å². The average molecular weight is 686 g/mol. The summed E-state index contributed by atoms with van der Waals surface area (Å²) >= 11 is 0. The van der Waals surface area contributed by atoms with E-state index in [4.69, 9.17) is 24.4 Å². The first-order valence-electron chi connectivity index (χ1n) is 17.2. The Bertz CT molecular complexity index is 2100. The summed E-state index contributed by atoms with van der Waals surface area (Å²) in [5, 5.41) is 5.31. The molecule has 8 bridgehead atoms. The molecule has 0 amide bonds. The molecular formula is C40H45MgN4O5-. The van der Waals surface area contributed by atoms with Crippen molar-refractivity contribution in [2.24, 2.45) is 17.8 Å². The molecule has 0 unspecified atom stereocenters. The molecule has 1 saturated heterocycles. The van der Waals surface area contributed by atoms with Gasteiger partial charge in [0, 0.05) is 35.2 Å². The van der Waals surface area contributed by atoms with E-state index in [0.717, 1.165) is 68.5 Å². The van der Waals surface area contributed by atoms with Gasteiger partial charge in [0.15, 0.2) is 5.78 Å². The summed E-state index contributed by atoms with van der Waals surface area (Å²) in [6, 6.07) is 0. The summed E-state index contributed by atoms with van der Waals surface area (Å²) in [6.45, 7) is 16.5. The second-order valence-corrected chi connectivity index (χ2v) is 13.6. The van der Waals surface area contributed by atoms with E-state index in [1.807, 2.05) is 32.9 Å². The van der Waals surface area contributed by atoms with Crippen LogP contribution in [0.25, 0.3) is 23.8 Å². The van der Waals surface area contributed by atoms with Gasteiger partial charge in [-0.05, 0) is 65.5 Å². The number of fused-ring (bicyclic) bond motifs is 7. The monoisotopic (exact) mass is 685 g/mol. The third-order valence-electron chi connectivity index (χ3n) is 10.5. The molecule has 0 spiro atoms. The number of allylic oxidation sites excluding steroid dienone is 3. The fraction of sp³-hybridized carbons (Fsp3) is 0.425. The minimum atomic E-state index is -1.17. The third-order valence-corrected chi connectivity index (χ3v) is 10.5. The number of methoxy groups -OCH3 is 1. The van der Waals surface area contributed by atoms with Crippen molar-refractivity contribution >= 4 is 64.6 Å². The van der Waals surface area contributed by atoms with Gasteiger partial charge in [0.25, 0.3) is 0 Å². The van der Waals surface area contributed by atoms with E-state index in [1.54, 1.807) is 0 Å². The van der Waals surface area contributed by atoms with Crippen LogP contribution in [0, 0.1) is 38.5 Å². The van der Waals surface area contributed by atoms with Crippen LogP contribution in [0.2, 0.25) is 0 Å². The number of esters is 2. The van der Waals surface area contributed by atoms with Crippen molar-refractivity contribution in [3.8, 4) is 0 Å². The molecule has 2 aliphatic heterocycles. The van der Waals surface area contributed by atoms with Crippen molar-refractivity contribution in [2.75, 3.05) is 13.7 Å². The van der Waals surface area contributed by atoms with Gasteiger partial charge in [-0.15, -0.1) is 33.5 Å². The third kappa shape index (κ3) is 6.36. The molecule has 1 fully saturated rings. The van der Waals surface area contributed by atoms with Crippen molar-refractivity contribution in [3.63, 3.8) is 0 Å². The molecule has 0 saturated carbocycles. The van der Waals surface area contributed by atoms with Gasteiger partial charge in [-0.25, -0.2) is 0 Å². The topological polar surface area (TPSA) is 124 Å². The van der Waals surface area contributed by atoms with E-state index < -0.39 is 11.9 Å². The van der Waals surface area contributed by atoms with Gasteiger partial charge >= 0.3 is 35.0 Å². The van der Waals surface area contributed by atoms with Gasteiger partial charge in [0.1, 0.15) is 12.5 Å². The minimum absolute atomic E-state index is 0. The molecule has 50 heavy (non-hydrogen) atoms. The van der Waals surface area contributed by atoms with Gasteiger partial charge in [0.2, 0.25) is 0 Å². The second kappa shape index (κ2) is 14.7.